The summed E-state index contributed by atoms with van der Waals surface area (Å²) in [6.07, 6.45) is 0. The van der Waals surface area contributed by atoms with E-state index >= 15 is 0 Å². The summed E-state index contributed by atoms with van der Waals surface area (Å²) in [5, 5.41) is 5.71. The van der Waals surface area contributed by atoms with Crippen LogP contribution in [-0.4, -0.2) is 17.4 Å². The van der Waals surface area contributed by atoms with Crippen molar-refractivity contribution in [3.63, 3.8) is 0 Å². The predicted molar refractivity (Wildman–Crippen MR) is 104 cm³/mol. The van der Waals surface area contributed by atoms with E-state index in [0.29, 0.717) is 22.5 Å². The Bertz CT molecular complexity index is 782. The van der Waals surface area contributed by atoms with E-state index in [1.807, 2.05) is 27.7 Å². The van der Waals surface area contributed by atoms with E-state index in [1.165, 1.54) is 0 Å². The van der Waals surface area contributed by atoms with Crippen LogP contribution in [0.25, 0.3) is 0 Å². The van der Waals surface area contributed by atoms with Gasteiger partial charge in [-0.05, 0) is 57.5 Å². The lowest BCUT2D eigenvalue weighted by atomic mass is 10.1. The average Bonchev–Trinajstić information content (AvgIpc) is 2.48. The maximum Gasteiger partial charge on any atom is 0.256 e. The Morgan fingerprint density at radius 1 is 0.960 bits per heavy atom. The molecule has 0 radical (unpaired) electrons. The number of carbonyl (C=O) groups excluding carboxylic acids is 2. The molecule has 0 bridgehead atoms. The monoisotopic (exact) mass is 361 g/mol. The van der Waals surface area contributed by atoms with Crippen molar-refractivity contribution in [1.82, 2.24) is 5.32 Å². The summed E-state index contributed by atoms with van der Waals surface area (Å²) in [4.78, 5) is 25.0. The molecule has 0 aliphatic rings. The Morgan fingerprint density at radius 2 is 1.60 bits per heavy atom. The SMILES string of the molecule is Cc1ccc(N)cc1C(=O)Nc1ccccc1C(=O)NC(C)(C)C.Cl. The van der Waals surface area contributed by atoms with E-state index in [4.69, 9.17) is 5.73 Å². The maximum absolute atomic E-state index is 12.5. The summed E-state index contributed by atoms with van der Waals surface area (Å²) >= 11 is 0. The number of hydrogen-bond acceptors (Lipinski definition) is 3. The van der Waals surface area contributed by atoms with E-state index in [2.05, 4.69) is 10.6 Å². The number of nitrogens with one attached hydrogen (secondary N) is 2. The van der Waals surface area contributed by atoms with Crippen LogP contribution in [0.3, 0.4) is 0 Å². The molecule has 0 aliphatic heterocycles. The fraction of sp³-hybridized carbons (Fsp3) is 0.263. The third kappa shape index (κ3) is 5.50. The lowest BCUT2D eigenvalue weighted by Gasteiger charge is -2.21. The van der Waals surface area contributed by atoms with Gasteiger partial charge >= 0.3 is 0 Å². The molecule has 6 heteroatoms. The van der Waals surface area contributed by atoms with Gasteiger partial charge in [-0.2, -0.15) is 0 Å². The van der Waals surface area contributed by atoms with Crippen molar-refractivity contribution in [3.8, 4) is 0 Å². The van der Waals surface area contributed by atoms with E-state index in [1.54, 1.807) is 42.5 Å². The molecular weight excluding hydrogens is 338 g/mol. The molecule has 2 amide bonds. The normalized spacial score (nSPS) is 10.6. The first-order chi connectivity index (χ1) is 11.2. The Labute approximate surface area is 154 Å². The van der Waals surface area contributed by atoms with Gasteiger partial charge in [0, 0.05) is 16.8 Å². The number of aryl methyl sites for hydroxylation is 1. The highest BCUT2D eigenvalue weighted by molar-refractivity contribution is 6.10. The first-order valence-electron chi connectivity index (χ1n) is 7.76. The molecule has 0 unspecified atom stereocenters. The quantitative estimate of drug-likeness (QED) is 0.727. The zero-order valence-corrected chi connectivity index (χ0v) is 15.7. The molecule has 0 aliphatic carbocycles. The summed E-state index contributed by atoms with van der Waals surface area (Å²) < 4.78 is 0. The second kappa shape index (κ2) is 8.03. The lowest BCUT2D eigenvalue weighted by Crippen LogP contribution is -2.40. The topological polar surface area (TPSA) is 84.2 Å². The molecule has 2 aromatic rings. The molecule has 134 valence electrons. The highest BCUT2D eigenvalue weighted by atomic mass is 35.5. The summed E-state index contributed by atoms with van der Waals surface area (Å²) in [6, 6.07) is 12.1. The molecule has 4 N–H and O–H groups in total. The van der Waals surface area contributed by atoms with Gasteiger partial charge in [-0.1, -0.05) is 18.2 Å². The zero-order chi connectivity index (χ0) is 17.9. The minimum atomic E-state index is -0.362. The van der Waals surface area contributed by atoms with Gasteiger partial charge in [-0.3, -0.25) is 9.59 Å². The van der Waals surface area contributed by atoms with Gasteiger partial charge in [0.2, 0.25) is 0 Å². The van der Waals surface area contributed by atoms with E-state index in [0.717, 1.165) is 5.56 Å². The lowest BCUT2D eigenvalue weighted by molar-refractivity contribution is 0.0920. The van der Waals surface area contributed by atoms with Gasteiger partial charge in [0.1, 0.15) is 0 Å². The van der Waals surface area contributed by atoms with E-state index in [9.17, 15) is 9.59 Å². The molecule has 5 nitrogen and oxygen atoms in total. The van der Waals surface area contributed by atoms with Crippen LogP contribution in [0.5, 0.6) is 0 Å². The van der Waals surface area contributed by atoms with Crippen molar-refractivity contribution >= 4 is 35.6 Å². The molecule has 0 spiro atoms. The Balaban J connectivity index is 0.00000312. The Morgan fingerprint density at radius 3 is 2.24 bits per heavy atom. The van der Waals surface area contributed by atoms with Crippen molar-refractivity contribution < 1.29 is 9.59 Å². The second-order valence-electron chi connectivity index (χ2n) is 6.78. The van der Waals surface area contributed by atoms with Gasteiger partial charge in [0.05, 0.1) is 11.3 Å². The van der Waals surface area contributed by atoms with Gasteiger partial charge in [-0.15, -0.1) is 12.4 Å². The summed E-state index contributed by atoms with van der Waals surface area (Å²) in [5.41, 5.74) is 8.11. The van der Waals surface area contributed by atoms with Crippen LogP contribution in [0.15, 0.2) is 42.5 Å². The number of hydrogen-bond donors (Lipinski definition) is 3. The molecule has 0 saturated heterocycles. The zero-order valence-electron chi connectivity index (χ0n) is 14.8. The summed E-state index contributed by atoms with van der Waals surface area (Å²) in [7, 11) is 0. The third-order valence-electron chi connectivity index (χ3n) is 3.41. The smallest absolute Gasteiger partial charge is 0.256 e. The van der Waals surface area contributed by atoms with Gasteiger partial charge in [0.15, 0.2) is 0 Å². The largest absolute Gasteiger partial charge is 0.399 e. The molecule has 2 rings (SSSR count). The van der Waals surface area contributed by atoms with E-state index < -0.39 is 0 Å². The molecule has 0 atom stereocenters. The van der Waals surface area contributed by atoms with Gasteiger partial charge in [-0.25, -0.2) is 0 Å². The molecule has 0 saturated carbocycles. The number of benzene rings is 2. The molecule has 0 aromatic heterocycles. The summed E-state index contributed by atoms with van der Waals surface area (Å²) in [5.74, 6) is -0.529. The molecular formula is C19H24ClN3O2. The number of anilines is 2. The Hall–Kier alpha value is -2.53. The minimum absolute atomic E-state index is 0. The number of carbonyl (C=O) groups is 2. The van der Waals surface area contributed by atoms with Crippen molar-refractivity contribution in [2.75, 3.05) is 11.1 Å². The number of amides is 2. The molecule has 0 heterocycles. The van der Waals surface area contributed by atoms with Crippen molar-refractivity contribution in [1.29, 1.82) is 0 Å². The highest BCUT2D eigenvalue weighted by Gasteiger charge is 2.19. The summed E-state index contributed by atoms with van der Waals surface area (Å²) in [6.45, 7) is 7.55. The van der Waals surface area contributed by atoms with Crippen LogP contribution < -0.4 is 16.4 Å². The minimum Gasteiger partial charge on any atom is -0.399 e. The van der Waals surface area contributed by atoms with Crippen LogP contribution in [0, 0.1) is 6.92 Å². The fourth-order valence-corrected chi connectivity index (χ4v) is 2.27. The van der Waals surface area contributed by atoms with Gasteiger partial charge in [0.25, 0.3) is 11.8 Å². The third-order valence-corrected chi connectivity index (χ3v) is 3.41. The highest BCUT2D eigenvalue weighted by Crippen LogP contribution is 2.19. The van der Waals surface area contributed by atoms with Crippen molar-refractivity contribution in [2.45, 2.75) is 33.2 Å². The molecule has 25 heavy (non-hydrogen) atoms. The number of halogens is 1. The molecule has 2 aromatic carbocycles. The maximum atomic E-state index is 12.5. The van der Waals surface area contributed by atoms with E-state index in [-0.39, 0.29) is 29.8 Å². The van der Waals surface area contributed by atoms with Crippen molar-refractivity contribution in [3.05, 3.63) is 59.2 Å². The number of rotatable bonds is 3. The average molecular weight is 362 g/mol. The fourth-order valence-electron chi connectivity index (χ4n) is 2.27. The number of para-hydroxylation sites is 1. The van der Waals surface area contributed by atoms with Crippen LogP contribution >= 0.6 is 12.4 Å². The number of nitrogens with two attached hydrogens (primary N) is 1. The van der Waals surface area contributed by atoms with Crippen LogP contribution in [0.1, 0.15) is 47.1 Å². The molecule has 0 fully saturated rings. The van der Waals surface area contributed by atoms with Crippen LogP contribution in [-0.2, 0) is 0 Å². The standard InChI is InChI=1S/C19H23N3O2.ClH/c1-12-9-10-13(20)11-15(12)17(23)21-16-8-6-5-7-14(16)18(24)22-19(2,3)4;/h5-11H,20H2,1-4H3,(H,21,23)(H,22,24);1H. The van der Waals surface area contributed by atoms with Crippen LogP contribution in [0.4, 0.5) is 11.4 Å². The van der Waals surface area contributed by atoms with Gasteiger partial charge < -0.3 is 16.4 Å². The van der Waals surface area contributed by atoms with Crippen molar-refractivity contribution in [2.24, 2.45) is 0 Å². The predicted octanol–water partition coefficient (Wildman–Crippen LogP) is 3.78. The first kappa shape index (κ1) is 20.5. The Kier molecular flexibility index (Phi) is 6.59. The van der Waals surface area contributed by atoms with Crippen LogP contribution in [0.2, 0.25) is 0 Å². The first-order valence-corrected chi connectivity index (χ1v) is 7.76. The second-order valence-corrected chi connectivity index (χ2v) is 6.78. The number of nitrogen functional groups attached to an aromatic ring is 1.